The Morgan fingerprint density at radius 1 is 1.10 bits per heavy atom. The highest BCUT2D eigenvalue weighted by molar-refractivity contribution is 8.18. The van der Waals surface area contributed by atoms with E-state index in [0.29, 0.717) is 26.9 Å². The predicted octanol–water partition coefficient (Wildman–Crippen LogP) is 5.03. The lowest BCUT2D eigenvalue weighted by molar-refractivity contribution is -0.123. The number of rotatable bonds is 5. The Labute approximate surface area is 181 Å². The number of nitrogens with zero attached hydrogens (tertiary/aromatic N) is 1. The molecule has 1 saturated heterocycles. The average Bonchev–Trinajstić information content (AvgIpc) is 2.97. The first-order valence-corrected chi connectivity index (χ1v) is 9.87. The van der Waals surface area contributed by atoms with Crippen molar-refractivity contribution < 1.29 is 23.9 Å². The number of imide groups is 1. The van der Waals surface area contributed by atoms with Crippen LogP contribution in [0.4, 0.5) is 4.79 Å². The van der Waals surface area contributed by atoms with Crippen molar-refractivity contribution in [2.75, 3.05) is 14.2 Å². The minimum atomic E-state index is -0.565. The van der Waals surface area contributed by atoms with Gasteiger partial charge in [0.25, 0.3) is 11.1 Å². The molecule has 2 amide bonds. The van der Waals surface area contributed by atoms with E-state index in [4.69, 9.17) is 32.7 Å². The normalized spacial score (nSPS) is 15.2. The van der Waals surface area contributed by atoms with E-state index in [9.17, 15) is 14.4 Å². The Morgan fingerprint density at radius 2 is 1.86 bits per heavy atom. The number of thioether (sulfide) groups is 1. The van der Waals surface area contributed by atoms with Gasteiger partial charge in [0.05, 0.1) is 35.7 Å². The molecule has 29 heavy (non-hydrogen) atoms. The summed E-state index contributed by atoms with van der Waals surface area (Å²) in [6, 6.07) is 9.74. The third kappa shape index (κ3) is 4.58. The van der Waals surface area contributed by atoms with Crippen LogP contribution in [0.3, 0.4) is 0 Å². The van der Waals surface area contributed by atoms with Gasteiger partial charge in [-0.3, -0.25) is 14.5 Å². The maximum atomic E-state index is 12.7. The summed E-state index contributed by atoms with van der Waals surface area (Å²) in [6.07, 6.45) is 1.55. The van der Waals surface area contributed by atoms with Gasteiger partial charge in [0, 0.05) is 0 Å². The van der Waals surface area contributed by atoms with Crippen molar-refractivity contribution >= 4 is 58.2 Å². The number of halogens is 2. The van der Waals surface area contributed by atoms with E-state index in [-0.39, 0.29) is 17.0 Å². The molecule has 1 aliphatic rings. The SMILES string of the molecule is COC(=O)c1cc(C=C2SC(=O)N(Cc3ccc(Cl)c(Cl)c3)C2=O)ccc1OC. The number of esters is 1. The molecule has 1 aliphatic heterocycles. The molecular weight excluding hydrogens is 437 g/mol. The Balaban J connectivity index is 1.86. The zero-order valence-electron chi connectivity index (χ0n) is 15.4. The maximum absolute atomic E-state index is 12.7. The van der Waals surface area contributed by atoms with Crippen LogP contribution in [0.1, 0.15) is 21.5 Å². The van der Waals surface area contributed by atoms with Crippen LogP contribution in [-0.2, 0) is 16.1 Å². The Bertz CT molecular complexity index is 1040. The van der Waals surface area contributed by atoms with E-state index in [1.54, 1.807) is 36.4 Å². The molecule has 0 saturated carbocycles. The molecule has 3 rings (SSSR count). The highest BCUT2D eigenvalue weighted by Gasteiger charge is 2.35. The van der Waals surface area contributed by atoms with Crippen LogP contribution in [0.5, 0.6) is 5.75 Å². The van der Waals surface area contributed by atoms with Gasteiger partial charge < -0.3 is 9.47 Å². The number of carbonyl (C=O) groups excluding carboxylic acids is 3. The minimum absolute atomic E-state index is 0.0783. The molecule has 2 aromatic carbocycles. The number of methoxy groups -OCH3 is 2. The monoisotopic (exact) mass is 451 g/mol. The van der Waals surface area contributed by atoms with Crippen LogP contribution in [0.25, 0.3) is 6.08 Å². The first-order valence-electron chi connectivity index (χ1n) is 8.29. The van der Waals surface area contributed by atoms with Gasteiger partial charge in [-0.25, -0.2) is 4.79 Å². The quantitative estimate of drug-likeness (QED) is 0.468. The summed E-state index contributed by atoms with van der Waals surface area (Å²) in [5.74, 6) is -0.645. The van der Waals surface area contributed by atoms with Crippen molar-refractivity contribution in [1.82, 2.24) is 4.90 Å². The molecule has 2 aromatic rings. The third-order valence-electron chi connectivity index (χ3n) is 4.12. The lowest BCUT2D eigenvalue weighted by Gasteiger charge is -2.13. The highest BCUT2D eigenvalue weighted by Crippen LogP contribution is 2.34. The Morgan fingerprint density at radius 3 is 2.52 bits per heavy atom. The lowest BCUT2D eigenvalue weighted by atomic mass is 10.1. The molecule has 1 fully saturated rings. The van der Waals surface area contributed by atoms with Crippen LogP contribution in [0.15, 0.2) is 41.3 Å². The second-order valence-electron chi connectivity index (χ2n) is 5.97. The molecule has 0 aliphatic carbocycles. The van der Waals surface area contributed by atoms with Gasteiger partial charge in [-0.2, -0.15) is 0 Å². The smallest absolute Gasteiger partial charge is 0.341 e. The summed E-state index contributed by atoms with van der Waals surface area (Å²) >= 11 is 12.7. The van der Waals surface area contributed by atoms with Crippen molar-refractivity contribution in [3.63, 3.8) is 0 Å². The summed E-state index contributed by atoms with van der Waals surface area (Å²) in [7, 11) is 2.71. The fraction of sp³-hybridized carbons (Fsp3) is 0.150. The van der Waals surface area contributed by atoms with Crippen molar-refractivity contribution in [2.24, 2.45) is 0 Å². The molecule has 0 bridgehead atoms. The zero-order chi connectivity index (χ0) is 21.1. The number of hydrogen-bond donors (Lipinski definition) is 0. The third-order valence-corrected chi connectivity index (χ3v) is 5.77. The summed E-state index contributed by atoms with van der Waals surface area (Å²) in [5.41, 5.74) is 1.46. The lowest BCUT2D eigenvalue weighted by Crippen LogP contribution is -2.27. The Hall–Kier alpha value is -2.48. The molecule has 150 valence electrons. The van der Waals surface area contributed by atoms with Crippen molar-refractivity contribution in [1.29, 1.82) is 0 Å². The van der Waals surface area contributed by atoms with Crippen molar-refractivity contribution in [3.8, 4) is 5.75 Å². The van der Waals surface area contributed by atoms with Gasteiger partial charge in [-0.15, -0.1) is 0 Å². The molecule has 0 aromatic heterocycles. The van der Waals surface area contributed by atoms with Crippen LogP contribution >= 0.6 is 35.0 Å². The van der Waals surface area contributed by atoms with E-state index in [2.05, 4.69) is 0 Å². The van der Waals surface area contributed by atoms with Crippen LogP contribution in [0.2, 0.25) is 10.0 Å². The number of hydrogen-bond acceptors (Lipinski definition) is 6. The van der Waals surface area contributed by atoms with Gasteiger partial charge in [0.1, 0.15) is 11.3 Å². The van der Waals surface area contributed by atoms with Crippen molar-refractivity contribution in [2.45, 2.75) is 6.54 Å². The predicted molar refractivity (Wildman–Crippen MR) is 112 cm³/mol. The van der Waals surface area contributed by atoms with Gasteiger partial charge in [-0.05, 0) is 53.2 Å². The van der Waals surface area contributed by atoms with Gasteiger partial charge >= 0.3 is 5.97 Å². The molecule has 0 radical (unpaired) electrons. The van der Waals surface area contributed by atoms with E-state index in [1.165, 1.54) is 20.3 Å². The summed E-state index contributed by atoms with van der Waals surface area (Å²) in [6.45, 7) is 0.0783. The first kappa shape index (κ1) is 21.2. The first-order chi connectivity index (χ1) is 13.8. The standard InChI is InChI=1S/C20H15Cl2NO5S/c1-27-16-6-4-11(7-13(16)19(25)28-2)9-17-18(24)23(20(26)29-17)10-12-3-5-14(21)15(22)8-12/h3-9H,10H2,1-2H3. The van der Waals surface area contributed by atoms with E-state index in [0.717, 1.165) is 16.7 Å². The molecule has 6 nitrogen and oxygen atoms in total. The average molecular weight is 452 g/mol. The zero-order valence-corrected chi connectivity index (χ0v) is 17.7. The fourth-order valence-corrected chi connectivity index (χ4v) is 3.85. The van der Waals surface area contributed by atoms with Gasteiger partial charge in [0.2, 0.25) is 0 Å². The maximum Gasteiger partial charge on any atom is 0.341 e. The molecule has 0 N–H and O–H groups in total. The fourth-order valence-electron chi connectivity index (χ4n) is 2.69. The molecule has 0 spiro atoms. The molecule has 0 unspecified atom stereocenters. The molecule has 0 atom stereocenters. The number of carbonyl (C=O) groups is 3. The van der Waals surface area contributed by atoms with Crippen LogP contribution in [0, 0.1) is 0 Å². The second-order valence-corrected chi connectivity index (χ2v) is 7.78. The van der Waals surface area contributed by atoms with E-state index in [1.807, 2.05) is 0 Å². The Kier molecular flexibility index (Phi) is 6.52. The summed E-state index contributed by atoms with van der Waals surface area (Å²) in [4.78, 5) is 38.4. The molecule has 9 heteroatoms. The summed E-state index contributed by atoms with van der Waals surface area (Å²) in [5, 5.41) is 0.347. The highest BCUT2D eigenvalue weighted by atomic mass is 35.5. The second kappa shape index (κ2) is 8.90. The largest absolute Gasteiger partial charge is 0.496 e. The number of amides is 2. The number of benzene rings is 2. The van der Waals surface area contributed by atoms with Gasteiger partial charge in [0.15, 0.2) is 0 Å². The minimum Gasteiger partial charge on any atom is -0.496 e. The van der Waals surface area contributed by atoms with Crippen LogP contribution < -0.4 is 4.74 Å². The van der Waals surface area contributed by atoms with Gasteiger partial charge in [-0.1, -0.05) is 35.3 Å². The van der Waals surface area contributed by atoms with Crippen molar-refractivity contribution in [3.05, 3.63) is 68.0 Å². The number of ether oxygens (including phenoxy) is 2. The molecular formula is C20H15Cl2NO5S. The summed E-state index contributed by atoms with van der Waals surface area (Å²) < 4.78 is 9.91. The van der Waals surface area contributed by atoms with E-state index < -0.39 is 17.1 Å². The van der Waals surface area contributed by atoms with Crippen LogP contribution in [-0.4, -0.2) is 36.2 Å². The van der Waals surface area contributed by atoms with E-state index >= 15 is 0 Å². The molecule has 1 heterocycles. The topological polar surface area (TPSA) is 72.9 Å².